The fourth-order valence-corrected chi connectivity index (χ4v) is 2.45. The molecule has 128 valence electrons. The minimum absolute atomic E-state index is 0.0568. The lowest BCUT2D eigenvalue weighted by Gasteiger charge is -2.11. The third-order valence-electron chi connectivity index (χ3n) is 3.26. The fraction of sp³-hybridized carbons (Fsp3) is 0.278. The van der Waals surface area contributed by atoms with Crippen LogP contribution in [0.15, 0.2) is 46.9 Å². The van der Waals surface area contributed by atoms with Crippen molar-refractivity contribution in [2.75, 3.05) is 20.7 Å². The first-order chi connectivity index (χ1) is 11.4. The van der Waals surface area contributed by atoms with Crippen molar-refractivity contribution in [3.05, 3.63) is 63.9 Å². The van der Waals surface area contributed by atoms with Crippen molar-refractivity contribution in [1.29, 1.82) is 0 Å². The van der Waals surface area contributed by atoms with Crippen LogP contribution in [0.5, 0.6) is 5.75 Å². The van der Waals surface area contributed by atoms with Gasteiger partial charge >= 0.3 is 0 Å². The average Bonchev–Trinajstić information content (AvgIpc) is 2.53. The summed E-state index contributed by atoms with van der Waals surface area (Å²) in [6.07, 6.45) is 0. The second-order valence-electron chi connectivity index (χ2n) is 5.69. The van der Waals surface area contributed by atoms with E-state index in [1.54, 1.807) is 6.07 Å². The molecule has 0 bridgehead atoms. The molecule has 2 aromatic rings. The molecule has 2 rings (SSSR count). The summed E-state index contributed by atoms with van der Waals surface area (Å²) in [5.41, 5.74) is 2.21. The number of nitrogens with zero attached hydrogens (tertiary/aromatic N) is 1. The van der Waals surface area contributed by atoms with E-state index < -0.39 is 5.82 Å². The monoisotopic (exact) mass is 394 g/mol. The number of hydrogen-bond acceptors (Lipinski definition) is 3. The van der Waals surface area contributed by atoms with Crippen LogP contribution in [0.4, 0.5) is 4.39 Å². The predicted octanol–water partition coefficient (Wildman–Crippen LogP) is 3.35. The molecule has 1 N–H and O–H groups in total. The molecule has 0 aliphatic carbocycles. The van der Waals surface area contributed by atoms with E-state index in [1.807, 2.05) is 38.4 Å². The molecule has 0 fully saturated rings. The van der Waals surface area contributed by atoms with E-state index in [0.717, 1.165) is 12.1 Å². The molecule has 0 saturated heterocycles. The zero-order valence-corrected chi connectivity index (χ0v) is 15.3. The van der Waals surface area contributed by atoms with Crippen molar-refractivity contribution in [3.63, 3.8) is 0 Å². The zero-order valence-electron chi connectivity index (χ0n) is 13.7. The molecule has 4 nitrogen and oxygen atoms in total. The maximum absolute atomic E-state index is 13.6. The van der Waals surface area contributed by atoms with E-state index in [0.29, 0.717) is 11.0 Å². The Morgan fingerprint density at radius 1 is 1.17 bits per heavy atom. The highest BCUT2D eigenvalue weighted by Gasteiger charge is 2.07. The number of amides is 1. The largest absolute Gasteiger partial charge is 0.481 e. The van der Waals surface area contributed by atoms with Crippen LogP contribution in [-0.2, 0) is 17.9 Å². The Hall–Kier alpha value is -1.92. The first kappa shape index (κ1) is 18.4. The van der Waals surface area contributed by atoms with Gasteiger partial charge in [0.15, 0.2) is 18.2 Å². The third kappa shape index (κ3) is 5.94. The Morgan fingerprint density at radius 2 is 1.83 bits per heavy atom. The molecule has 0 saturated carbocycles. The molecule has 0 atom stereocenters. The van der Waals surface area contributed by atoms with Gasteiger partial charge in [-0.2, -0.15) is 0 Å². The molecule has 0 aliphatic rings. The number of rotatable bonds is 7. The van der Waals surface area contributed by atoms with Gasteiger partial charge in [0.05, 0.1) is 0 Å². The van der Waals surface area contributed by atoms with Gasteiger partial charge < -0.3 is 15.0 Å². The average molecular weight is 395 g/mol. The molecule has 0 aromatic heterocycles. The molecule has 0 heterocycles. The van der Waals surface area contributed by atoms with Crippen molar-refractivity contribution >= 4 is 21.8 Å². The Bertz CT molecular complexity index is 690. The summed E-state index contributed by atoms with van der Waals surface area (Å²) in [5, 5.41) is 2.75. The molecular weight excluding hydrogens is 375 g/mol. The van der Waals surface area contributed by atoms with Crippen LogP contribution in [0.1, 0.15) is 11.1 Å². The molecule has 6 heteroatoms. The number of halogens is 2. The predicted molar refractivity (Wildman–Crippen MR) is 95.3 cm³/mol. The maximum atomic E-state index is 13.6. The van der Waals surface area contributed by atoms with Gasteiger partial charge in [0.2, 0.25) is 0 Å². The third-order valence-corrected chi connectivity index (χ3v) is 3.76. The Balaban J connectivity index is 1.78. The van der Waals surface area contributed by atoms with Crippen LogP contribution in [0.25, 0.3) is 0 Å². The summed E-state index contributed by atoms with van der Waals surface area (Å²) >= 11 is 3.17. The van der Waals surface area contributed by atoms with E-state index >= 15 is 0 Å². The number of ether oxygens (including phenoxy) is 1. The van der Waals surface area contributed by atoms with E-state index in [4.69, 9.17) is 4.74 Å². The number of nitrogens with one attached hydrogen (secondary N) is 1. The van der Waals surface area contributed by atoms with Gasteiger partial charge in [-0.25, -0.2) is 4.39 Å². The quantitative estimate of drug-likeness (QED) is 0.782. The Morgan fingerprint density at radius 3 is 2.46 bits per heavy atom. The second-order valence-corrected chi connectivity index (χ2v) is 6.61. The lowest BCUT2D eigenvalue weighted by molar-refractivity contribution is -0.123. The molecular formula is C18H20BrFN2O2. The first-order valence-corrected chi connectivity index (χ1v) is 8.30. The highest BCUT2D eigenvalue weighted by molar-refractivity contribution is 9.10. The van der Waals surface area contributed by atoms with Crippen molar-refractivity contribution in [2.45, 2.75) is 13.1 Å². The van der Waals surface area contributed by atoms with Gasteiger partial charge in [-0.3, -0.25) is 4.79 Å². The number of carbonyl (C=O) groups excluding carboxylic acids is 1. The molecule has 0 spiro atoms. The highest BCUT2D eigenvalue weighted by Crippen LogP contribution is 2.21. The number of carbonyl (C=O) groups is 1. The molecule has 0 unspecified atom stereocenters. The minimum Gasteiger partial charge on any atom is -0.481 e. The Kier molecular flexibility index (Phi) is 6.75. The summed E-state index contributed by atoms with van der Waals surface area (Å²) in [6, 6.07) is 12.5. The van der Waals surface area contributed by atoms with Crippen LogP contribution in [0.3, 0.4) is 0 Å². The fourth-order valence-electron chi connectivity index (χ4n) is 2.11. The SMILES string of the molecule is CN(C)Cc1ccc(CNC(=O)COc2ccc(Br)cc2F)cc1. The zero-order chi connectivity index (χ0) is 17.5. The number of benzene rings is 2. The standard InChI is InChI=1S/C18H20BrFN2O2/c1-22(2)11-14-5-3-13(4-6-14)10-21-18(23)12-24-17-8-7-15(19)9-16(17)20/h3-9H,10-12H2,1-2H3,(H,21,23). The summed E-state index contributed by atoms with van der Waals surface area (Å²) in [4.78, 5) is 13.9. The molecule has 24 heavy (non-hydrogen) atoms. The molecule has 1 amide bonds. The van der Waals surface area contributed by atoms with Crippen molar-refractivity contribution < 1.29 is 13.9 Å². The minimum atomic E-state index is -0.506. The molecule has 0 aliphatic heterocycles. The van der Waals surface area contributed by atoms with Crippen molar-refractivity contribution in [2.24, 2.45) is 0 Å². The van der Waals surface area contributed by atoms with E-state index in [1.165, 1.54) is 17.7 Å². The number of hydrogen-bond donors (Lipinski definition) is 1. The summed E-state index contributed by atoms with van der Waals surface area (Å²) in [5.74, 6) is -0.746. The lowest BCUT2D eigenvalue weighted by Crippen LogP contribution is -2.28. The molecule has 0 radical (unpaired) electrons. The van der Waals surface area contributed by atoms with Gasteiger partial charge in [0, 0.05) is 17.6 Å². The van der Waals surface area contributed by atoms with Crippen LogP contribution < -0.4 is 10.1 Å². The van der Waals surface area contributed by atoms with Gasteiger partial charge in [-0.1, -0.05) is 40.2 Å². The lowest BCUT2D eigenvalue weighted by atomic mass is 10.1. The first-order valence-electron chi connectivity index (χ1n) is 7.51. The van der Waals surface area contributed by atoms with Crippen LogP contribution >= 0.6 is 15.9 Å². The van der Waals surface area contributed by atoms with Gasteiger partial charge in [-0.05, 0) is 43.4 Å². The van der Waals surface area contributed by atoms with Crippen LogP contribution in [-0.4, -0.2) is 31.5 Å². The summed E-state index contributed by atoms with van der Waals surface area (Å²) in [7, 11) is 4.03. The van der Waals surface area contributed by atoms with Crippen molar-refractivity contribution in [3.8, 4) is 5.75 Å². The second kappa shape index (κ2) is 8.80. The topological polar surface area (TPSA) is 41.6 Å². The summed E-state index contributed by atoms with van der Waals surface area (Å²) in [6.45, 7) is 1.06. The van der Waals surface area contributed by atoms with Crippen LogP contribution in [0.2, 0.25) is 0 Å². The highest BCUT2D eigenvalue weighted by atomic mass is 79.9. The van der Waals surface area contributed by atoms with E-state index in [-0.39, 0.29) is 18.3 Å². The van der Waals surface area contributed by atoms with Gasteiger partial charge in [-0.15, -0.1) is 0 Å². The Labute approximate surface area is 149 Å². The van der Waals surface area contributed by atoms with Gasteiger partial charge in [0.1, 0.15) is 0 Å². The van der Waals surface area contributed by atoms with Crippen LogP contribution in [0, 0.1) is 5.82 Å². The normalized spacial score (nSPS) is 10.7. The summed E-state index contributed by atoms with van der Waals surface area (Å²) < 4.78 is 19.4. The molecule has 2 aromatic carbocycles. The smallest absolute Gasteiger partial charge is 0.258 e. The maximum Gasteiger partial charge on any atom is 0.258 e. The van der Waals surface area contributed by atoms with Gasteiger partial charge in [0.25, 0.3) is 5.91 Å². The van der Waals surface area contributed by atoms with E-state index in [2.05, 4.69) is 26.1 Å². The van der Waals surface area contributed by atoms with E-state index in [9.17, 15) is 9.18 Å². The van der Waals surface area contributed by atoms with Crippen molar-refractivity contribution in [1.82, 2.24) is 10.2 Å².